The predicted molar refractivity (Wildman–Crippen MR) is 79.6 cm³/mol. The van der Waals surface area contributed by atoms with Gasteiger partial charge >= 0.3 is 0 Å². The van der Waals surface area contributed by atoms with Crippen LogP contribution in [0.15, 0.2) is 16.8 Å². The van der Waals surface area contributed by atoms with Crippen LogP contribution < -0.4 is 0 Å². The molecule has 108 valence electrons. The van der Waals surface area contributed by atoms with Gasteiger partial charge in [0.1, 0.15) is 0 Å². The molecule has 0 aliphatic carbocycles. The van der Waals surface area contributed by atoms with E-state index < -0.39 is 0 Å². The molecular formula is C15H27N3O. The first-order chi connectivity index (χ1) is 9.19. The molecule has 0 aromatic rings. The second-order valence-electron chi connectivity index (χ2n) is 5.90. The van der Waals surface area contributed by atoms with Gasteiger partial charge in [-0.05, 0) is 24.3 Å². The minimum absolute atomic E-state index is 0.276. The molecule has 0 radical (unpaired) electrons. The van der Waals surface area contributed by atoms with Crippen LogP contribution in [0.5, 0.6) is 0 Å². The molecule has 2 rings (SSSR count). The second kappa shape index (κ2) is 7.17. The molecule has 1 N–H and O–H groups in total. The smallest absolute Gasteiger partial charge is 0.0558 e. The third-order valence-electron chi connectivity index (χ3n) is 4.09. The van der Waals surface area contributed by atoms with Crippen molar-refractivity contribution in [2.24, 2.45) is 10.9 Å². The van der Waals surface area contributed by atoms with E-state index in [2.05, 4.69) is 34.8 Å². The number of aliphatic hydroxyl groups excluding tert-OH is 1. The molecule has 0 saturated carbocycles. The van der Waals surface area contributed by atoms with Crippen molar-refractivity contribution in [3.63, 3.8) is 0 Å². The second-order valence-corrected chi connectivity index (χ2v) is 5.90. The molecule has 4 nitrogen and oxygen atoms in total. The molecule has 2 aliphatic rings. The SMILES string of the molecule is CC(C)C1=NC=C(CN2CCN(CCO)CC2)CC1. The van der Waals surface area contributed by atoms with Crippen molar-refractivity contribution in [1.29, 1.82) is 0 Å². The quantitative estimate of drug-likeness (QED) is 0.816. The molecule has 2 aliphatic heterocycles. The first-order valence-electron chi connectivity index (χ1n) is 7.49. The number of hydrogen-bond acceptors (Lipinski definition) is 4. The van der Waals surface area contributed by atoms with E-state index in [9.17, 15) is 0 Å². The van der Waals surface area contributed by atoms with Crippen molar-refractivity contribution in [3.8, 4) is 0 Å². The highest BCUT2D eigenvalue weighted by molar-refractivity contribution is 5.87. The summed E-state index contributed by atoms with van der Waals surface area (Å²) in [5.41, 5.74) is 2.82. The fraction of sp³-hybridized carbons (Fsp3) is 0.800. The molecular weight excluding hydrogens is 238 g/mol. The van der Waals surface area contributed by atoms with Gasteiger partial charge in [0, 0.05) is 51.2 Å². The summed E-state index contributed by atoms with van der Waals surface area (Å²) < 4.78 is 0. The summed E-state index contributed by atoms with van der Waals surface area (Å²) in [5, 5.41) is 8.94. The molecule has 19 heavy (non-hydrogen) atoms. The molecule has 0 bridgehead atoms. The lowest BCUT2D eigenvalue weighted by Gasteiger charge is -2.35. The van der Waals surface area contributed by atoms with Crippen LogP contribution in [0.25, 0.3) is 0 Å². The van der Waals surface area contributed by atoms with Crippen molar-refractivity contribution in [2.45, 2.75) is 26.7 Å². The molecule has 1 fully saturated rings. The molecule has 0 aromatic heterocycles. The van der Waals surface area contributed by atoms with Crippen LogP contribution in [0.1, 0.15) is 26.7 Å². The zero-order valence-electron chi connectivity index (χ0n) is 12.3. The highest BCUT2D eigenvalue weighted by Crippen LogP contribution is 2.18. The average Bonchev–Trinajstić information content (AvgIpc) is 2.42. The lowest BCUT2D eigenvalue weighted by atomic mass is 9.98. The standard InChI is InChI=1S/C15H27N3O/c1-13(2)15-4-3-14(11-16-15)12-18-7-5-17(6-8-18)9-10-19/h11,13,19H,3-10,12H2,1-2H3. The normalized spacial score (nSPS) is 22.5. The number of aliphatic imine (C=N–C) groups is 1. The van der Waals surface area contributed by atoms with E-state index in [1.807, 2.05) is 0 Å². The van der Waals surface area contributed by atoms with Crippen LogP contribution >= 0.6 is 0 Å². The third kappa shape index (κ3) is 4.41. The summed E-state index contributed by atoms with van der Waals surface area (Å²) >= 11 is 0. The van der Waals surface area contributed by atoms with Crippen LogP contribution in [0.3, 0.4) is 0 Å². The van der Waals surface area contributed by atoms with Gasteiger partial charge in [-0.15, -0.1) is 0 Å². The summed E-state index contributed by atoms with van der Waals surface area (Å²) in [4.78, 5) is 9.45. The minimum Gasteiger partial charge on any atom is -0.395 e. The van der Waals surface area contributed by atoms with Gasteiger partial charge in [0.25, 0.3) is 0 Å². The minimum atomic E-state index is 0.276. The van der Waals surface area contributed by atoms with Gasteiger partial charge in [0.15, 0.2) is 0 Å². The van der Waals surface area contributed by atoms with E-state index in [0.29, 0.717) is 5.92 Å². The molecule has 1 saturated heterocycles. The fourth-order valence-corrected chi connectivity index (χ4v) is 2.75. The van der Waals surface area contributed by atoms with Crippen molar-refractivity contribution in [1.82, 2.24) is 9.80 Å². The van der Waals surface area contributed by atoms with Gasteiger partial charge < -0.3 is 5.11 Å². The molecule has 0 spiro atoms. The van der Waals surface area contributed by atoms with E-state index in [1.54, 1.807) is 0 Å². The molecule has 0 aromatic carbocycles. The van der Waals surface area contributed by atoms with Crippen LogP contribution in [-0.2, 0) is 0 Å². The topological polar surface area (TPSA) is 39.1 Å². The maximum Gasteiger partial charge on any atom is 0.0558 e. The maximum atomic E-state index is 8.94. The summed E-state index contributed by atoms with van der Waals surface area (Å²) in [6.07, 6.45) is 4.40. The Morgan fingerprint density at radius 1 is 1.16 bits per heavy atom. The fourth-order valence-electron chi connectivity index (χ4n) is 2.75. The molecule has 2 heterocycles. The monoisotopic (exact) mass is 265 g/mol. The molecule has 0 atom stereocenters. The summed E-state index contributed by atoms with van der Waals surface area (Å²) in [7, 11) is 0. The predicted octanol–water partition coefficient (Wildman–Crippen LogP) is 1.37. The largest absolute Gasteiger partial charge is 0.395 e. The Hall–Kier alpha value is -0.710. The number of β-amino-alcohol motifs (C(OH)–C–C–N with tert-alkyl or cyclic N) is 1. The van der Waals surface area contributed by atoms with Crippen LogP contribution in [0.4, 0.5) is 0 Å². The van der Waals surface area contributed by atoms with Crippen LogP contribution in [0, 0.1) is 5.92 Å². The van der Waals surface area contributed by atoms with E-state index in [0.717, 1.165) is 45.7 Å². The van der Waals surface area contributed by atoms with Crippen molar-refractivity contribution in [3.05, 3.63) is 11.8 Å². The van der Waals surface area contributed by atoms with E-state index >= 15 is 0 Å². The van der Waals surface area contributed by atoms with E-state index in [1.165, 1.54) is 17.7 Å². The highest BCUT2D eigenvalue weighted by atomic mass is 16.3. The Balaban J connectivity index is 1.77. The lowest BCUT2D eigenvalue weighted by molar-refractivity contribution is 0.118. The van der Waals surface area contributed by atoms with Crippen molar-refractivity contribution in [2.75, 3.05) is 45.9 Å². The van der Waals surface area contributed by atoms with Crippen molar-refractivity contribution >= 4 is 5.71 Å². The van der Waals surface area contributed by atoms with Gasteiger partial charge in [-0.25, -0.2) is 0 Å². The van der Waals surface area contributed by atoms with Gasteiger partial charge in [-0.1, -0.05) is 13.8 Å². The lowest BCUT2D eigenvalue weighted by Crippen LogP contribution is -2.47. The van der Waals surface area contributed by atoms with Crippen LogP contribution in [0.2, 0.25) is 0 Å². The summed E-state index contributed by atoms with van der Waals surface area (Å²) in [5.74, 6) is 0.583. The van der Waals surface area contributed by atoms with Gasteiger partial charge in [0.05, 0.1) is 6.61 Å². The van der Waals surface area contributed by atoms with E-state index in [-0.39, 0.29) is 6.61 Å². The van der Waals surface area contributed by atoms with Crippen LogP contribution in [-0.4, -0.2) is 66.5 Å². The van der Waals surface area contributed by atoms with Gasteiger partial charge in [0.2, 0.25) is 0 Å². The Morgan fingerprint density at radius 3 is 2.37 bits per heavy atom. The Morgan fingerprint density at radius 2 is 1.84 bits per heavy atom. The number of hydrogen-bond donors (Lipinski definition) is 1. The van der Waals surface area contributed by atoms with Crippen molar-refractivity contribution < 1.29 is 5.11 Å². The van der Waals surface area contributed by atoms with Gasteiger partial charge in [-0.3, -0.25) is 14.8 Å². The molecule has 4 heteroatoms. The highest BCUT2D eigenvalue weighted by Gasteiger charge is 2.18. The zero-order chi connectivity index (χ0) is 13.7. The maximum absolute atomic E-state index is 8.94. The summed E-state index contributed by atoms with van der Waals surface area (Å²) in [6.45, 7) is 11.0. The first-order valence-corrected chi connectivity index (χ1v) is 7.49. The molecule has 0 amide bonds. The first kappa shape index (κ1) is 14.7. The number of nitrogens with zero attached hydrogens (tertiary/aromatic N) is 3. The molecule has 0 unspecified atom stereocenters. The zero-order valence-corrected chi connectivity index (χ0v) is 12.3. The Labute approximate surface area is 116 Å². The number of piperazine rings is 1. The third-order valence-corrected chi connectivity index (χ3v) is 4.09. The number of rotatable bonds is 5. The van der Waals surface area contributed by atoms with Gasteiger partial charge in [-0.2, -0.15) is 0 Å². The average molecular weight is 265 g/mol. The summed E-state index contributed by atoms with van der Waals surface area (Å²) in [6, 6.07) is 0. The van der Waals surface area contributed by atoms with E-state index in [4.69, 9.17) is 5.11 Å². The Kier molecular flexibility index (Phi) is 5.55. The number of aliphatic hydroxyl groups is 1. The Bertz CT molecular complexity index is 341.